The predicted molar refractivity (Wildman–Crippen MR) is 93.0 cm³/mol. The van der Waals surface area contributed by atoms with Crippen LogP contribution in [0.25, 0.3) is 0 Å². The average Bonchev–Trinajstić information content (AvgIpc) is 3.16. The van der Waals surface area contributed by atoms with Gasteiger partial charge in [0.05, 0.1) is 11.5 Å². The number of amides is 2. The third-order valence-electron chi connectivity index (χ3n) is 4.01. The van der Waals surface area contributed by atoms with Crippen LogP contribution in [0.3, 0.4) is 0 Å². The predicted octanol–water partition coefficient (Wildman–Crippen LogP) is 2.74. The van der Waals surface area contributed by atoms with E-state index in [0.29, 0.717) is 31.9 Å². The van der Waals surface area contributed by atoms with Gasteiger partial charge in [0, 0.05) is 31.1 Å². The lowest BCUT2D eigenvalue weighted by Gasteiger charge is -2.35. The normalized spacial score (nSPS) is 16.0. The molecule has 1 aliphatic rings. The highest BCUT2D eigenvalue weighted by Crippen LogP contribution is 2.24. The van der Waals surface area contributed by atoms with E-state index in [1.165, 1.54) is 6.26 Å². The van der Waals surface area contributed by atoms with Crippen LogP contribution in [-0.4, -0.2) is 53.0 Å². The molecule has 2 aromatic rings. The fourth-order valence-corrected chi connectivity index (χ4v) is 3.67. The maximum absolute atomic E-state index is 12.6. The first kappa shape index (κ1) is 16.6. The minimum absolute atomic E-state index is 0.112. The van der Waals surface area contributed by atoms with Gasteiger partial charge in [0.25, 0.3) is 5.91 Å². The highest BCUT2D eigenvalue weighted by molar-refractivity contribution is 8.00. The molecule has 126 valence electrons. The van der Waals surface area contributed by atoms with Crippen LogP contribution in [0.1, 0.15) is 17.5 Å². The summed E-state index contributed by atoms with van der Waals surface area (Å²) >= 11 is 1.56. The zero-order chi connectivity index (χ0) is 16.9. The summed E-state index contributed by atoms with van der Waals surface area (Å²) in [7, 11) is 0. The first-order valence-corrected chi connectivity index (χ1v) is 8.86. The number of benzene rings is 1. The lowest BCUT2D eigenvalue weighted by atomic mass is 10.2. The van der Waals surface area contributed by atoms with E-state index in [0.717, 1.165) is 4.90 Å². The molecular weight excluding hydrogens is 324 g/mol. The van der Waals surface area contributed by atoms with Crippen molar-refractivity contribution in [2.45, 2.75) is 17.1 Å². The van der Waals surface area contributed by atoms with Gasteiger partial charge in [-0.15, -0.1) is 11.8 Å². The summed E-state index contributed by atoms with van der Waals surface area (Å²) in [6.07, 6.45) is 1.50. The fraction of sp³-hybridized carbons (Fsp3) is 0.333. The molecule has 0 aliphatic carbocycles. The number of hydrogen-bond acceptors (Lipinski definition) is 4. The highest BCUT2D eigenvalue weighted by atomic mass is 32.2. The molecule has 0 spiro atoms. The molecule has 0 saturated carbocycles. The van der Waals surface area contributed by atoms with E-state index in [2.05, 4.69) is 0 Å². The molecule has 5 nitrogen and oxygen atoms in total. The highest BCUT2D eigenvalue weighted by Gasteiger charge is 2.28. The number of carbonyl (C=O) groups is 2. The van der Waals surface area contributed by atoms with Crippen LogP contribution >= 0.6 is 11.8 Å². The van der Waals surface area contributed by atoms with Crippen molar-refractivity contribution in [3.05, 3.63) is 54.5 Å². The molecule has 3 rings (SSSR count). The standard InChI is InChI=1S/C18H20N2O3S/c1-14(24-15-6-3-2-4-7-15)17(21)19-9-11-20(12-10-19)18(22)16-8-5-13-23-16/h2-8,13-14H,9-12H2,1H3/t14-/m1/s1. The van der Waals surface area contributed by atoms with E-state index in [1.54, 1.807) is 28.8 Å². The van der Waals surface area contributed by atoms with Crippen LogP contribution in [0, 0.1) is 0 Å². The Kier molecular flexibility index (Phi) is 5.25. The first-order chi connectivity index (χ1) is 11.6. The third kappa shape index (κ3) is 3.82. The fourth-order valence-electron chi connectivity index (χ4n) is 2.70. The molecular formula is C18H20N2O3S. The van der Waals surface area contributed by atoms with E-state index >= 15 is 0 Å². The Hall–Kier alpha value is -2.21. The van der Waals surface area contributed by atoms with Gasteiger partial charge in [-0.1, -0.05) is 18.2 Å². The van der Waals surface area contributed by atoms with Crippen molar-refractivity contribution in [2.24, 2.45) is 0 Å². The summed E-state index contributed by atoms with van der Waals surface area (Å²) < 4.78 is 5.15. The van der Waals surface area contributed by atoms with Crippen molar-refractivity contribution >= 4 is 23.6 Å². The van der Waals surface area contributed by atoms with Crippen LogP contribution in [0.15, 0.2) is 58.0 Å². The topological polar surface area (TPSA) is 53.8 Å². The van der Waals surface area contributed by atoms with Gasteiger partial charge in [-0.25, -0.2) is 0 Å². The summed E-state index contributed by atoms with van der Waals surface area (Å²) in [6, 6.07) is 13.3. The van der Waals surface area contributed by atoms with E-state index in [1.807, 2.05) is 42.2 Å². The number of rotatable bonds is 4. The molecule has 0 bridgehead atoms. The summed E-state index contributed by atoms with van der Waals surface area (Å²) in [5.74, 6) is 0.357. The minimum atomic E-state index is -0.139. The molecule has 0 N–H and O–H groups in total. The molecule has 1 aromatic carbocycles. The Morgan fingerprint density at radius 2 is 1.67 bits per heavy atom. The summed E-state index contributed by atoms with van der Waals surface area (Å²) in [5.41, 5.74) is 0. The largest absolute Gasteiger partial charge is 0.459 e. The Balaban J connectivity index is 1.52. The van der Waals surface area contributed by atoms with Crippen molar-refractivity contribution in [1.29, 1.82) is 0 Å². The maximum atomic E-state index is 12.6. The zero-order valence-corrected chi connectivity index (χ0v) is 14.4. The second-order valence-electron chi connectivity index (χ2n) is 5.67. The van der Waals surface area contributed by atoms with E-state index in [4.69, 9.17) is 4.42 Å². The van der Waals surface area contributed by atoms with Crippen LogP contribution in [0.4, 0.5) is 0 Å². The molecule has 1 aromatic heterocycles. The molecule has 1 saturated heterocycles. The molecule has 0 unspecified atom stereocenters. The Bertz CT molecular complexity index is 680. The molecule has 2 heterocycles. The monoisotopic (exact) mass is 344 g/mol. The van der Waals surface area contributed by atoms with Gasteiger partial charge < -0.3 is 14.2 Å². The number of nitrogens with zero attached hydrogens (tertiary/aromatic N) is 2. The Morgan fingerprint density at radius 1 is 1.00 bits per heavy atom. The van der Waals surface area contributed by atoms with Gasteiger partial charge in [0.2, 0.25) is 5.91 Å². The number of thioether (sulfide) groups is 1. The van der Waals surface area contributed by atoms with Crippen LogP contribution < -0.4 is 0 Å². The summed E-state index contributed by atoms with van der Waals surface area (Å²) in [5, 5.41) is -0.139. The molecule has 6 heteroatoms. The van der Waals surface area contributed by atoms with Crippen LogP contribution in [-0.2, 0) is 4.79 Å². The van der Waals surface area contributed by atoms with Crippen LogP contribution in [0.5, 0.6) is 0 Å². The number of furan rings is 1. The quantitative estimate of drug-likeness (QED) is 0.801. The van der Waals surface area contributed by atoms with Crippen molar-refractivity contribution in [3.8, 4) is 0 Å². The van der Waals surface area contributed by atoms with Crippen molar-refractivity contribution in [3.63, 3.8) is 0 Å². The average molecular weight is 344 g/mol. The van der Waals surface area contributed by atoms with E-state index < -0.39 is 0 Å². The van der Waals surface area contributed by atoms with Crippen molar-refractivity contribution < 1.29 is 14.0 Å². The van der Waals surface area contributed by atoms with Gasteiger partial charge in [-0.3, -0.25) is 9.59 Å². The van der Waals surface area contributed by atoms with Gasteiger partial charge in [0.1, 0.15) is 0 Å². The molecule has 1 aliphatic heterocycles. The lowest BCUT2D eigenvalue weighted by Crippen LogP contribution is -2.52. The van der Waals surface area contributed by atoms with Crippen molar-refractivity contribution in [1.82, 2.24) is 9.80 Å². The Labute approximate surface area is 145 Å². The SMILES string of the molecule is C[C@@H](Sc1ccccc1)C(=O)N1CCN(C(=O)c2ccco2)CC1. The van der Waals surface area contributed by atoms with Gasteiger partial charge in [-0.2, -0.15) is 0 Å². The number of carbonyl (C=O) groups excluding carboxylic acids is 2. The van der Waals surface area contributed by atoms with Gasteiger partial charge in [-0.05, 0) is 31.2 Å². The molecule has 0 radical (unpaired) electrons. The number of hydrogen-bond donors (Lipinski definition) is 0. The third-order valence-corrected chi connectivity index (χ3v) is 5.11. The molecule has 24 heavy (non-hydrogen) atoms. The van der Waals surface area contributed by atoms with Gasteiger partial charge in [0.15, 0.2) is 5.76 Å². The maximum Gasteiger partial charge on any atom is 0.289 e. The second kappa shape index (κ2) is 7.57. The second-order valence-corrected chi connectivity index (χ2v) is 7.08. The summed E-state index contributed by atoms with van der Waals surface area (Å²) in [4.78, 5) is 29.5. The number of piperazine rings is 1. The molecule has 1 atom stereocenters. The van der Waals surface area contributed by atoms with Crippen LogP contribution in [0.2, 0.25) is 0 Å². The van der Waals surface area contributed by atoms with Crippen molar-refractivity contribution in [2.75, 3.05) is 26.2 Å². The molecule has 1 fully saturated rings. The van der Waals surface area contributed by atoms with E-state index in [-0.39, 0.29) is 17.1 Å². The lowest BCUT2D eigenvalue weighted by molar-refractivity contribution is -0.131. The first-order valence-electron chi connectivity index (χ1n) is 7.98. The smallest absolute Gasteiger partial charge is 0.289 e. The molecule has 2 amide bonds. The Morgan fingerprint density at radius 3 is 2.29 bits per heavy atom. The zero-order valence-electron chi connectivity index (χ0n) is 13.6. The minimum Gasteiger partial charge on any atom is -0.459 e. The van der Waals surface area contributed by atoms with E-state index in [9.17, 15) is 9.59 Å². The van der Waals surface area contributed by atoms with Gasteiger partial charge >= 0.3 is 0 Å². The summed E-state index contributed by atoms with van der Waals surface area (Å²) in [6.45, 7) is 4.12.